The first-order chi connectivity index (χ1) is 9.28. The molecule has 0 bridgehead atoms. The fourth-order valence-electron chi connectivity index (χ4n) is 2.06. The van der Waals surface area contributed by atoms with Gasteiger partial charge < -0.3 is 5.32 Å². The molecule has 0 aromatic heterocycles. The second-order valence-corrected chi connectivity index (χ2v) is 8.94. The minimum atomic E-state index is -3.57. The molecule has 1 aliphatic rings. The van der Waals surface area contributed by atoms with Crippen molar-refractivity contribution in [1.82, 2.24) is 10.0 Å². The van der Waals surface area contributed by atoms with Gasteiger partial charge in [-0.1, -0.05) is 6.07 Å². The average molecular weight is 318 g/mol. The number of nitrogens with one attached hydrogen (secondary N) is 2. The minimum Gasteiger partial charge on any atom is -0.309 e. The molecule has 0 fully saturated rings. The number of sulfone groups is 1. The predicted octanol–water partition coefficient (Wildman–Crippen LogP) is 0.00280. The van der Waals surface area contributed by atoms with Crippen LogP contribution >= 0.6 is 0 Å². The molecule has 2 N–H and O–H groups in total. The van der Waals surface area contributed by atoms with Gasteiger partial charge in [-0.25, -0.2) is 21.6 Å². The van der Waals surface area contributed by atoms with Crippen LogP contribution in [0.25, 0.3) is 0 Å². The molecule has 0 saturated carbocycles. The maximum Gasteiger partial charge on any atom is 0.240 e. The molecule has 0 spiro atoms. The zero-order valence-electron chi connectivity index (χ0n) is 11.2. The Morgan fingerprint density at radius 3 is 2.55 bits per heavy atom. The highest BCUT2D eigenvalue weighted by Gasteiger charge is 2.17. The predicted molar refractivity (Wildman–Crippen MR) is 76.5 cm³/mol. The highest BCUT2D eigenvalue weighted by Crippen LogP contribution is 2.19. The third-order valence-corrected chi connectivity index (χ3v) is 5.59. The molecule has 2 rings (SSSR count). The standard InChI is InChI=1S/C12H18N2O4S2/c1-19(15,16)6-2-5-14-20(17,18)12-4-3-10-8-13-9-11(10)7-12/h3-4,7,13-14H,2,5-6,8-9H2,1H3. The van der Waals surface area contributed by atoms with Crippen LogP contribution in [0.1, 0.15) is 17.5 Å². The van der Waals surface area contributed by atoms with Gasteiger partial charge in [-0.2, -0.15) is 0 Å². The van der Waals surface area contributed by atoms with Gasteiger partial charge in [0.05, 0.1) is 10.6 Å². The lowest BCUT2D eigenvalue weighted by atomic mass is 10.1. The monoisotopic (exact) mass is 318 g/mol. The highest BCUT2D eigenvalue weighted by molar-refractivity contribution is 7.90. The van der Waals surface area contributed by atoms with Crippen molar-refractivity contribution in [2.75, 3.05) is 18.6 Å². The van der Waals surface area contributed by atoms with Crippen LogP contribution in [0.4, 0.5) is 0 Å². The fourth-order valence-corrected chi connectivity index (χ4v) is 3.86. The average Bonchev–Trinajstić information content (AvgIpc) is 2.80. The second kappa shape index (κ2) is 5.80. The van der Waals surface area contributed by atoms with Crippen molar-refractivity contribution in [1.29, 1.82) is 0 Å². The summed E-state index contributed by atoms with van der Waals surface area (Å²) >= 11 is 0. The van der Waals surface area contributed by atoms with E-state index >= 15 is 0 Å². The normalized spacial score (nSPS) is 15.2. The van der Waals surface area contributed by atoms with Gasteiger partial charge >= 0.3 is 0 Å². The Morgan fingerprint density at radius 1 is 1.15 bits per heavy atom. The van der Waals surface area contributed by atoms with E-state index in [0.29, 0.717) is 6.54 Å². The van der Waals surface area contributed by atoms with Gasteiger partial charge in [0.2, 0.25) is 10.0 Å². The van der Waals surface area contributed by atoms with E-state index in [4.69, 9.17) is 0 Å². The van der Waals surface area contributed by atoms with Crippen LogP contribution < -0.4 is 10.0 Å². The van der Waals surface area contributed by atoms with Crippen molar-refractivity contribution < 1.29 is 16.8 Å². The fraction of sp³-hybridized carbons (Fsp3) is 0.500. The smallest absolute Gasteiger partial charge is 0.240 e. The second-order valence-electron chi connectivity index (χ2n) is 4.92. The summed E-state index contributed by atoms with van der Waals surface area (Å²) in [4.78, 5) is 0.222. The van der Waals surface area contributed by atoms with Crippen LogP contribution in [-0.4, -0.2) is 35.4 Å². The first-order valence-electron chi connectivity index (χ1n) is 6.28. The van der Waals surface area contributed by atoms with E-state index in [1.54, 1.807) is 18.2 Å². The lowest BCUT2D eigenvalue weighted by molar-refractivity contribution is 0.577. The summed E-state index contributed by atoms with van der Waals surface area (Å²) in [7, 11) is -6.63. The minimum absolute atomic E-state index is 0.0242. The van der Waals surface area contributed by atoms with Crippen LogP contribution in [0, 0.1) is 0 Å². The summed E-state index contributed by atoms with van der Waals surface area (Å²) in [6.07, 6.45) is 1.40. The quantitative estimate of drug-likeness (QED) is 0.721. The molecule has 0 amide bonds. The molecule has 0 unspecified atom stereocenters. The molecule has 1 aromatic rings. The van der Waals surface area contributed by atoms with Crippen molar-refractivity contribution in [3.8, 4) is 0 Å². The zero-order valence-corrected chi connectivity index (χ0v) is 12.9. The summed E-state index contributed by atoms with van der Waals surface area (Å²) in [5.74, 6) is -0.0242. The summed E-state index contributed by atoms with van der Waals surface area (Å²) in [6, 6.07) is 5.04. The molecule has 112 valence electrons. The summed E-state index contributed by atoms with van der Waals surface area (Å²) in [6.45, 7) is 1.55. The molecule has 1 aliphatic heterocycles. The molecule has 1 aromatic carbocycles. The van der Waals surface area contributed by atoms with Crippen LogP contribution in [0.5, 0.6) is 0 Å². The third kappa shape index (κ3) is 4.02. The van der Waals surface area contributed by atoms with Crippen molar-refractivity contribution in [3.05, 3.63) is 29.3 Å². The first kappa shape index (κ1) is 15.4. The molecule has 0 radical (unpaired) electrons. The van der Waals surface area contributed by atoms with E-state index in [0.717, 1.165) is 23.9 Å². The number of sulfonamides is 1. The van der Waals surface area contributed by atoms with Gasteiger partial charge in [-0.05, 0) is 29.7 Å². The van der Waals surface area contributed by atoms with Gasteiger partial charge in [0.15, 0.2) is 0 Å². The van der Waals surface area contributed by atoms with Gasteiger partial charge in [0.1, 0.15) is 9.84 Å². The number of hydrogen-bond acceptors (Lipinski definition) is 5. The topological polar surface area (TPSA) is 92.3 Å². The lowest BCUT2D eigenvalue weighted by Gasteiger charge is -2.08. The zero-order chi connectivity index (χ0) is 14.8. The van der Waals surface area contributed by atoms with Crippen LogP contribution in [0.3, 0.4) is 0 Å². The SMILES string of the molecule is CS(=O)(=O)CCCNS(=O)(=O)c1ccc2c(c1)CNC2. The van der Waals surface area contributed by atoms with Crippen LogP contribution in [0.15, 0.2) is 23.1 Å². The molecule has 0 saturated heterocycles. The summed E-state index contributed by atoms with van der Waals surface area (Å²) < 4.78 is 48.5. The lowest BCUT2D eigenvalue weighted by Crippen LogP contribution is -2.26. The van der Waals surface area contributed by atoms with Gasteiger partial charge in [-0.15, -0.1) is 0 Å². The van der Waals surface area contributed by atoms with Crippen LogP contribution in [0.2, 0.25) is 0 Å². The Balaban J connectivity index is 2.00. The highest BCUT2D eigenvalue weighted by atomic mass is 32.2. The third-order valence-electron chi connectivity index (χ3n) is 3.10. The number of fused-ring (bicyclic) bond motifs is 1. The van der Waals surface area contributed by atoms with Crippen molar-refractivity contribution in [2.24, 2.45) is 0 Å². The Hall–Kier alpha value is -0.960. The van der Waals surface area contributed by atoms with E-state index in [-0.39, 0.29) is 23.6 Å². The van der Waals surface area contributed by atoms with E-state index in [9.17, 15) is 16.8 Å². The molecule has 0 atom stereocenters. The van der Waals surface area contributed by atoms with E-state index in [1.807, 2.05) is 0 Å². The summed E-state index contributed by atoms with van der Waals surface area (Å²) in [5.41, 5.74) is 2.10. The van der Waals surface area contributed by atoms with Crippen LogP contribution in [-0.2, 0) is 33.0 Å². The first-order valence-corrected chi connectivity index (χ1v) is 9.82. The molecule has 6 nitrogen and oxygen atoms in total. The van der Waals surface area contributed by atoms with Crippen molar-refractivity contribution >= 4 is 19.9 Å². The Bertz CT molecular complexity index is 696. The van der Waals surface area contributed by atoms with E-state index in [1.165, 1.54) is 0 Å². The van der Waals surface area contributed by atoms with Gasteiger partial charge in [0.25, 0.3) is 0 Å². The van der Waals surface area contributed by atoms with Crippen molar-refractivity contribution in [3.63, 3.8) is 0 Å². The van der Waals surface area contributed by atoms with Gasteiger partial charge in [-0.3, -0.25) is 0 Å². The maximum absolute atomic E-state index is 12.1. The summed E-state index contributed by atoms with van der Waals surface area (Å²) in [5, 5.41) is 3.15. The molecule has 20 heavy (non-hydrogen) atoms. The Kier molecular flexibility index (Phi) is 4.48. The molecular formula is C12H18N2O4S2. The Labute approximate surface area is 119 Å². The Morgan fingerprint density at radius 2 is 1.85 bits per heavy atom. The molecule has 0 aliphatic carbocycles. The van der Waals surface area contributed by atoms with Crippen molar-refractivity contribution in [2.45, 2.75) is 24.4 Å². The molecule has 8 heteroatoms. The maximum atomic E-state index is 12.1. The van der Waals surface area contributed by atoms with Gasteiger partial charge in [0, 0.05) is 25.9 Å². The number of rotatable bonds is 6. The number of benzene rings is 1. The number of hydrogen-bond donors (Lipinski definition) is 2. The molecular weight excluding hydrogens is 300 g/mol. The van der Waals surface area contributed by atoms with E-state index < -0.39 is 19.9 Å². The van der Waals surface area contributed by atoms with E-state index in [2.05, 4.69) is 10.0 Å². The largest absolute Gasteiger partial charge is 0.309 e. The molecule has 1 heterocycles.